The molecule has 6 heteroatoms. The number of piperidine rings is 1. The van der Waals surface area contributed by atoms with Gasteiger partial charge in [0.25, 0.3) is 0 Å². The number of benzene rings is 1. The smallest absolute Gasteiger partial charge is 0.247 e. The molecule has 1 aliphatic heterocycles. The zero-order chi connectivity index (χ0) is 15.8. The minimum atomic E-state index is -0.296. The normalized spacial score (nSPS) is 21.4. The summed E-state index contributed by atoms with van der Waals surface area (Å²) in [5, 5.41) is 8.21. The van der Waals surface area contributed by atoms with Crippen LogP contribution in [0.15, 0.2) is 28.7 Å². The number of amides is 1. The molecule has 0 N–H and O–H groups in total. The molecule has 1 atom stereocenters. The van der Waals surface area contributed by atoms with Gasteiger partial charge in [0.1, 0.15) is 5.82 Å². The highest BCUT2D eigenvalue weighted by molar-refractivity contribution is 5.81. The first kappa shape index (κ1) is 14.4. The summed E-state index contributed by atoms with van der Waals surface area (Å²) < 4.78 is 18.8. The Kier molecular flexibility index (Phi) is 3.59. The summed E-state index contributed by atoms with van der Waals surface area (Å²) in [6.45, 7) is 1.48. The highest BCUT2D eigenvalue weighted by Crippen LogP contribution is 2.34. The second-order valence-corrected chi connectivity index (χ2v) is 6.35. The van der Waals surface area contributed by atoms with Gasteiger partial charge >= 0.3 is 0 Å². The quantitative estimate of drug-likeness (QED) is 0.873. The highest BCUT2D eigenvalue weighted by Gasteiger charge is 2.36. The molecule has 2 fully saturated rings. The molecule has 1 aliphatic carbocycles. The predicted octanol–water partition coefficient (Wildman–Crippen LogP) is 2.99. The third-order valence-corrected chi connectivity index (χ3v) is 4.54. The molecule has 2 aromatic rings. The van der Waals surface area contributed by atoms with Crippen LogP contribution in [0.25, 0.3) is 11.5 Å². The lowest BCUT2D eigenvalue weighted by Crippen LogP contribution is -2.40. The molecule has 1 aromatic carbocycles. The summed E-state index contributed by atoms with van der Waals surface area (Å²) in [4.78, 5) is 14.2. The lowest BCUT2D eigenvalue weighted by atomic mass is 9.97. The summed E-state index contributed by atoms with van der Waals surface area (Å²) >= 11 is 0. The monoisotopic (exact) mass is 315 g/mol. The van der Waals surface area contributed by atoms with Crippen LogP contribution in [0.5, 0.6) is 0 Å². The lowest BCUT2D eigenvalue weighted by Gasteiger charge is -2.31. The number of halogens is 1. The largest absolute Gasteiger partial charge is 0.420 e. The van der Waals surface area contributed by atoms with Crippen LogP contribution in [0.2, 0.25) is 0 Å². The number of carbonyl (C=O) groups is 1. The van der Waals surface area contributed by atoms with Crippen molar-refractivity contribution >= 4 is 5.91 Å². The van der Waals surface area contributed by atoms with E-state index in [0.717, 1.165) is 32.2 Å². The Morgan fingerprint density at radius 1 is 1.17 bits per heavy atom. The molecule has 5 nitrogen and oxygen atoms in total. The molecular weight excluding hydrogens is 297 g/mol. The molecule has 23 heavy (non-hydrogen) atoms. The molecule has 1 saturated carbocycles. The maximum atomic E-state index is 13.0. The first-order valence-electron chi connectivity index (χ1n) is 8.09. The second-order valence-electron chi connectivity index (χ2n) is 6.35. The maximum absolute atomic E-state index is 13.0. The van der Waals surface area contributed by atoms with E-state index in [9.17, 15) is 9.18 Å². The molecular formula is C17H18FN3O2. The number of likely N-dealkylation sites (tertiary alicyclic amines) is 1. The van der Waals surface area contributed by atoms with Gasteiger partial charge < -0.3 is 9.32 Å². The van der Waals surface area contributed by atoms with E-state index in [-0.39, 0.29) is 23.6 Å². The molecule has 2 heterocycles. The second kappa shape index (κ2) is 5.76. The van der Waals surface area contributed by atoms with E-state index in [0.29, 0.717) is 23.9 Å². The van der Waals surface area contributed by atoms with Gasteiger partial charge in [0, 0.05) is 24.6 Å². The fraction of sp³-hybridized carbons (Fsp3) is 0.471. The van der Waals surface area contributed by atoms with Gasteiger partial charge in [0.05, 0.1) is 5.92 Å². The van der Waals surface area contributed by atoms with E-state index < -0.39 is 0 Å². The maximum Gasteiger partial charge on any atom is 0.247 e. The van der Waals surface area contributed by atoms with Gasteiger partial charge in [-0.3, -0.25) is 4.79 Å². The highest BCUT2D eigenvalue weighted by atomic mass is 19.1. The van der Waals surface area contributed by atoms with E-state index in [1.54, 1.807) is 12.1 Å². The van der Waals surface area contributed by atoms with Gasteiger partial charge in [-0.15, -0.1) is 10.2 Å². The van der Waals surface area contributed by atoms with Crippen LogP contribution in [-0.2, 0) is 4.79 Å². The predicted molar refractivity (Wildman–Crippen MR) is 81.0 cm³/mol. The summed E-state index contributed by atoms with van der Waals surface area (Å²) in [5.41, 5.74) is 0.701. The van der Waals surface area contributed by atoms with E-state index in [2.05, 4.69) is 10.2 Å². The minimum Gasteiger partial charge on any atom is -0.420 e. The minimum absolute atomic E-state index is 0.0909. The number of nitrogens with zero attached hydrogens (tertiary/aromatic N) is 3. The van der Waals surface area contributed by atoms with Gasteiger partial charge in [0.2, 0.25) is 17.7 Å². The van der Waals surface area contributed by atoms with Crippen molar-refractivity contribution in [1.29, 1.82) is 0 Å². The zero-order valence-electron chi connectivity index (χ0n) is 12.7. The number of hydrogen-bond acceptors (Lipinski definition) is 4. The van der Waals surface area contributed by atoms with Crippen LogP contribution in [-0.4, -0.2) is 34.1 Å². The number of aromatic nitrogens is 2. The number of rotatable bonds is 3. The van der Waals surface area contributed by atoms with E-state index in [1.165, 1.54) is 12.1 Å². The summed E-state index contributed by atoms with van der Waals surface area (Å²) in [6, 6.07) is 5.98. The molecule has 1 aromatic heterocycles. The van der Waals surface area contributed by atoms with Crippen molar-refractivity contribution < 1.29 is 13.6 Å². The van der Waals surface area contributed by atoms with Gasteiger partial charge in [-0.1, -0.05) is 0 Å². The van der Waals surface area contributed by atoms with Crippen molar-refractivity contribution in [2.75, 3.05) is 13.1 Å². The van der Waals surface area contributed by atoms with Gasteiger partial charge in [0.15, 0.2) is 0 Å². The van der Waals surface area contributed by atoms with Crippen LogP contribution >= 0.6 is 0 Å². The van der Waals surface area contributed by atoms with Crippen LogP contribution in [0.4, 0.5) is 4.39 Å². The fourth-order valence-corrected chi connectivity index (χ4v) is 3.08. The Hall–Kier alpha value is -2.24. The zero-order valence-corrected chi connectivity index (χ0v) is 12.7. The van der Waals surface area contributed by atoms with Crippen molar-refractivity contribution in [1.82, 2.24) is 15.1 Å². The molecule has 0 spiro atoms. The third kappa shape index (κ3) is 2.98. The van der Waals surface area contributed by atoms with Crippen LogP contribution in [0.3, 0.4) is 0 Å². The Labute approximate surface area is 133 Å². The summed E-state index contributed by atoms with van der Waals surface area (Å²) in [5.74, 6) is 1.27. The Morgan fingerprint density at radius 2 is 1.96 bits per heavy atom. The molecule has 4 rings (SSSR count). The van der Waals surface area contributed by atoms with E-state index in [4.69, 9.17) is 4.42 Å². The average Bonchev–Trinajstić information content (AvgIpc) is 3.32. The van der Waals surface area contributed by atoms with Crippen LogP contribution in [0, 0.1) is 11.7 Å². The van der Waals surface area contributed by atoms with Crippen molar-refractivity contribution in [2.45, 2.75) is 31.6 Å². The van der Waals surface area contributed by atoms with E-state index >= 15 is 0 Å². The standard InChI is InChI=1S/C17H18FN3O2/c18-14-7-5-11(6-8-14)15-19-20-16(23-15)13-2-1-9-21(10-13)17(22)12-3-4-12/h5-8,12-13H,1-4,9-10H2/t13-/m0/s1. The van der Waals surface area contributed by atoms with Gasteiger partial charge in [-0.05, 0) is 49.9 Å². The van der Waals surface area contributed by atoms with E-state index in [1.807, 2.05) is 4.90 Å². The topological polar surface area (TPSA) is 59.2 Å². The fourth-order valence-electron chi connectivity index (χ4n) is 3.08. The molecule has 1 amide bonds. The molecule has 1 saturated heterocycles. The SMILES string of the molecule is O=C(C1CC1)N1CCC[C@H](c2nnc(-c3ccc(F)cc3)o2)C1. The van der Waals surface area contributed by atoms with Gasteiger partial charge in [-0.2, -0.15) is 0 Å². The Bertz CT molecular complexity index is 709. The summed E-state index contributed by atoms with van der Waals surface area (Å²) in [6.07, 6.45) is 3.95. The third-order valence-electron chi connectivity index (χ3n) is 4.54. The molecule has 120 valence electrons. The first-order chi connectivity index (χ1) is 11.2. The Morgan fingerprint density at radius 3 is 2.70 bits per heavy atom. The van der Waals surface area contributed by atoms with Crippen LogP contribution in [0.1, 0.15) is 37.5 Å². The summed E-state index contributed by atoms with van der Waals surface area (Å²) in [7, 11) is 0. The lowest BCUT2D eigenvalue weighted by molar-refractivity contribution is -0.133. The number of carbonyl (C=O) groups excluding carboxylic acids is 1. The van der Waals surface area contributed by atoms with Crippen molar-refractivity contribution in [2.24, 2.45) is 5.92 Å². The van der Waals surface area contributed by atoms with Crippen molar-refractivity contribution in [3.8, 4) is 11.5 Å². The molecule has 2 aliphatic rings. The number of hydrogen-bond donors (Lipinski definition) is 0. The average molecular weight is 315 g/mol. The van der Waals surface area contributed by atoms with Crippen molar-refractivity contribution in [3.63, 3.8) is 0 Å². The first-order valence-corrected chi connectivity index (χ1v) is 8.09. The molecule has 0 bridgehead atoms. The molecule has 0 radical (unpaired) electrons. The van der Waals surface area contributed by atoms with Gasteiger partial charge in [-0.25, -0.2) is 4.39 Å². The van der Waals surface area contributed by atoms with Crippen LogP contribution < -0.4 is 0 Å². The van der Waals surface area contributed by atoms with Crippen molar-refractivity contribution in [3.05, 3.63) is 36.0 Å². The Balaban J connectivity index is 1.49. The molecule has 0 unspecified atom stereocenters.